The van der Waals surface area contributed by atoms with E-state index in [4.69, 9.17) is 16.0 Å². The van der Waals surface area contributed by atoms with Gasteiger partial charge in [0.1, 0.15) is 11.4 Å². The van der Waals surface area contributed by atoms with Crippen molar-refractivity contribution in [3.05, 3.63) is 68.6 Å². The molecule has 2 nitrogen and oxygen atoms in total. The fourth-order valence-electron chi connectivity index (χ4n) is 2.18. The first kappa shape index (κ1) is 14.3. The smallest absolute Gasteiger partial charge is 0.228 e. The van der Waals surface area contributed by atoms with Gasteiger partial charge in [0.25, 0.3) is 0 Å². The average molecular weight is 368 g/mol. The number of ketones is 1. The number of hydrogen-bond acceptors (Lipinski definition) is 2. The molecule has 0 unspecified atom stereocenters. The molecule has 0 N–H and O–H groups in total. The van der Waals surface area contributed by atoms with E-state index in [0.29, 0.717) is 11.1 Å². The van der Waals surface area contributed by atoms with E-state index in [9.17, 15) is 9.18 Å². The highest BCUT2D eigenvalue weighted by molar-refractivity contribution is 9.10. The van der Waals surface area contributed by atoms with Crippen molar-refractivity contribution in [2.24, 2.45) is 0 Å². The molecule has 0 saturated carbocycles. The van der Waals surface area contributed by atoms with Crippen molar-refractivity contribution < 1.29 is 13.6 Å². The predicted molar refractivity (Wildman–Crippen MR) is 83.5 cm³/mol. The largest absolute Gasteiger partial charge is 0.452 e. The van der Waals surface area contributed by atoms with Crippen molar-refractivity contribution in [1.82, 2.24) is 0 Å². The molecule has 0 bridgehead atoms. The third-order valence-corrected chi connectivity index (χ3v) is 4.07. The normalized spacial score (nSPS) is 11.0. The zero-order valence-electron chi connectivity index (χ0n) is 10.9. The lowest BCUT2D eigenvalue weighted by molar-refractivity contribution is 0.101. The molecule has 2 aromatic carbocycles. The Morgan fingerprint density at radius 2 is 2.00 bits per heavy atom. The van der Waals surface area contributed by atoms with Gasteiger partial charge in [-0.2, -0.15) is 0 Å². The molecule has 0 radical (unpaired) electrons. The second-order valence-electron chi connectivity index (χ2n) is 4.65. The van der Waals surface area contributed by atoms with Crippen molar-refractivity contribution in [1.29, 1.82) is 0 Å². The van der Waals surface area contributed by atoms with Crippen LogP contribution in [0.2, 0.25) is 5.02 Å². The van der Waals surface area contributed by atoms with Crippen LogP contribution in [0.5, 0.6) is 0 Å². The topological polar surface area (TPSA) is 30.2 Å². The van der Waals surface area contributed by atoms with Gasteiger partial charge in [0, 0.05) is 21.0 Å². The van der Waals surface area contributed by atoms with E-state index in [2.05, 4.69) is 15.9 Å². The Hall–Kier alpha value is -1.65. The lowest BCUT2D eigenvalue weighted by Crippen LogP contribution is -2.01. The van der Waals surface area contributed by atoms with Gasteiger partial charge < -0.3 is 4.42 Å². The summed E-state index contributed by atoms with van der Waals surface area (Å²) in [6.07, 6.45) is 0. The van der Waals surface area contributed by atoms with Crippen LogP contribution in [0.25, 0.3) is 11.0 Å². The van der Waals surface area contributed by atoms with E-state index in [0.717, 1.165) is 15.4 Å². The lowest BCUT2D eigenvalue weighted by Gasteiger charge is -2.00. The molecular weight excluding hydrogens is 359 g/mol. The monoisotopic (exact) mass is 366 g/mol. The lowest BCUT2D eigenvalue weighted by atomic mass is 10.0. The van der Waals surface area contributed by atoms with E-state index in [1.54, 1.807) is 6.07 Å². The number of fused-ring (bicyclic) bond motifs is 1. The first-order valence-corrected chi connectivity index (χ1v) is 7.33. The van der Waals surface area contributed by atoms with Crippen LogP contribution >= 0.6 is 27.5 Å². The maximum Gasteiger partial charge on any atom is 0.228 e. The summed E-state index contributed by atoms with van der Waals surface area (Å²) in [5.74, 6) is -0.633. The molecule has 106 valence electrons. The molecule has 3 rings (SSSR count). The van der Waals surface area contributed by atoms with Crippen LogP contribution in [0, 0.1) is 12.7 Å². The molecule has 21 heavy (non-hydrogen) atoms. The van der Waals surface area contributed by atoms with Crippen molar-refractivity contribution in [3.63, 3.8) is 0 Å². The van der Waals surface area contributed by atoms with E-state index in [-0.39, 0.29) is 16.6 Å². The van der Waals surface area contributed by atoms with Crippen molar-refractivity contribution in [2.45, 2.75) is 6.92 Å². The minimum atomic E-state index is -0.557. The van der Waals surface area contributed by atoms with Crippen LogP contribution in [0.1, 0.15) is 21.7 Å². The molecule has 0 fully saturated rings. The molecule has 1 aromatic heterocycles. The summed E-state index contributed by atoms with van der Waals surface area (Å²) < 4.78 is 19.7. The van der Waals surface area contributed by atoms with Gasteiger partial charge in [-0.15, -0.1) is 0 Å². The second kappa shape index (κ2) is 5.28. The van der Waals surface area contributed by atoms with E-state index >= 15 is 0 Å². The SMILES string of the molecule is Cc1c(C(=O)c2ccc(F)c(Cl)c2)oc2ccc(Br)cc12. The maximum absolute atomic E-state index is 13.2. The maximum atomic E-state index is 13.2. The number of aryl methyl sites for hydroxylation is 1. The molecule has 0 aliphatic carbocycles. The molecule has 0 atom stereocenters. The van der Waals surface area contributed by atoms with Gasteiger partial charge in [-0.05, 0) is 43.3 Å². The van der Waals surface area contributed by atoms with E-state index in [1.807, 2.05) is 19.1 Å². The Balaban J connectivity index is 2.13. The van der Waals surface area contributed by atoms with Gasteiger partial charge >= 0.3 is 0 Å². The Bertz CT molecular complexity index is 870. The minimum absolute atomic E-state index is 0.0858. The Morgan fingerprint density at radius 3 is 2.71 bits per heavy atom. The molecule has 1 heterocycles. The third kappa shape index (κ3) is 2.49. The van der Waals surface area contributed by atoms with Crippen LogP contribution in [0.4, 0.5) is 4.39 Å². The first-order valence-electron chi connectivity index (χ1n) is 6.16. The Kier molecular flexibility index (Phi) is 3.59. The molecule has 3 aromatic rings. The number of rotatable bonds is 2. The summed E-state index contributed by atoms with van der Waals surface area (Å²) in [5.41, 5.74) is 1.67. The van der Waals surface area contributed by atoms with Gasteiger partial charge in [0.05, 0.1) is 5.02 Å². The third-order valence-electron chi connectivity index (χ3n) is 3.29. The zero-order valence-corrected chi connectivity index (χ0v) is 13.3. The summed E-state index contributed by atoms with van der Waals surface area (Å²) in [5, 5.41) is 0.776. The van der Waals surface area contributed by atoms with Gasteiger partial charge in [-0.3, -0.25) is 4.79 Å². The zero-order chi connectivity index (χ0) is 15.1. The molecule has 0 aliphatic heterocycles. The van der Waals surface area contributed by atoms with Gasteiger partial charge in [0.15, 0.2) is 5.76 Å². The first-order chi connectivity index (χ1) is 9.97. The Labute approximate surface area is 133 Å². The molecule has 0 saturated heterocycles. The fourth-order valence-corrected chi connectivity index (χ4v) is 2.72. The number of halogens is 3. The summed E-state index contributed by atoms with van der Waals surface area (Å²) in [6, 6.07) is 9.40. The van der Waals surface area contributed by atoms with E-state index in [1.165, 1.54) is 18.2 Å². The predicted octanol–water partition coefficient (Wildman–Crippen LogP) is 5.53. The van der Waals surface area contributed by atoms with Gasteiger partial charge in [-0.1, -0.05) is 27.5 Å². The highest BCUT2D eigenvalue weighted by Crippen LogP contribution is 2.30. The van der Waals surface area contributed by atoms with Crippen LogP contribution < -0.4 is 0 Å². The molecule has 5 heteroatoms. The van der Waals surface area contributed by atoms with Crippen LogP contribution in [-0.2, 0) is 0 Å². The summed E-state index contributed by atoms with van der Waals surface area (Å²) >= 11 is 9.11. The summed E-state index contributed by atoms with van der Waals surface area (Å²) in [6.45, 7) is 1.82. The van der Waals surface area contributed by atoms with Crippen LogP contribution in [-0.4, -0.2) is 5.78 Å². The number of carbonyl (C=O) groups excluding carboxylic acids is 1. The van der Waals surface area contributed by atoms with Gasteiger partial charge in [-0.25, -0.2) is 4.39 Å². The minimum Gasteiger partial charge on any atom is -0.452 e. The van der Waals surface area contributed by atoms with Crippen LogP contribution in [0.15, 0.2) is 45.3 Å². The van der Waals surface area contributed by atoms with Crippen molar-refractivity contribution in [3.8, 4) is 0 Å². The average Bonchev–Trinajstić information content (AvgIpc) is 2.78. The highest BCUT2D eigenvalue weighted by atomic mass is 79.9. The number of furan rings is 1. The molecule has 0 aliphatic rings. The number of carbonyl (C=O) groups is 1. The summed E-state index contributed by atoms with van der Waals surface area (Å²) in [7, 11) is 0. The highest BCUT2D eigenvalue weighted by Gasteiger charge is 2.20. The number of benzene rings is 2. The van der Waals surface area contributed by atoms with Crippen molar-refractivity contribution in [2.75, 3.05) is 0 Å². The van der Waals surface area contributed by atoms with E-state index < -0.39 is 5.82 Å². The standard InChI is InChI=1S/C16H9BrClFO2/c1-8-11-7-10(17)3-5-14(11)21-16(8)15(20)9-2-4-13(19)12(18)6-9/h2-7H,1H3. The summed E-state index contributed by atoms with van der Waals surface area (Å²) in [4.78, 5) is 12.5. The van der Waals surface area contributed by atoms with Crippen molar-refractivity contribution >= 4 is 44.3 Å². The molecule has 0 spiro atoms. The van der Waals surface area contributed by atoms with Crippen LogP contribution in [0.3, 0.4) is 0 Å². The second-order valence-corrected chi connectivity index (χ2v) is 5.98. The molecule has 0 amide bonds. The fraction of sp³-hybridized carbons (Fsp3) is 0.0625. The molecular formula is C16H9BrClFO2. The van der Waals surface area contributed by atoms with Gasteiger partial charge in [0.2, 0.25) is 5.78 Å². The quantitative estimate of drug-likeness (QED) is 0.558. The number of hydrogen-bond donors (Lipinski definition) is 0. The Morgan fingerprint density at radius 1 is 1.24 bits per heavy atom.